The maximum Gasteiger partial charge on any atom is 0.130 e. The molecule has 4 aliphatic heterocycles. The first-order valence-electron chi connectivity index (χ1n) is 9.14. The van der Waals surface area contributed by atoms with Gasteiger partial charge >= 0.3 is 0 Å². The van der Waals surface area contributed by atoms with Gasteiger partial charge in [-0.15, -0.1) is 11.8 Å². The molecular weight excluding hydrogens is 296 g/mol. The second-order valence-corrected chi connectivity index (χ2v) is 8.21. The van der Waals surface area contributed by atoms with Crippen LogP contribution in [0.4, 0.5) is 0 Å². The van der Waals surface area contributed by atoms with Crippen LogP contribution >= 0.6 is 11.8 Å². The van der Waals surface area contributed by atoms with Gasteiger partial charge in [0.15, 0.2) is 0 Å². The summed E-state index contributed by atoms with van der Waals surface area (Å²) in [6, 6.07) is 0. The van der Waals surface area contributed by atoms with Crippen LogP contribution in [0.1, 0.15) is 38.5 Å². The van der Waals surface area contributed by atoms with Crippen LogP contribution < -0.4 is 10.6 Å². The fourth-order valence-electron chi connectivity index (χ4n) is 4.69. The SMILES string of the molecule is C1CCN(N2CCCCC2(C2NCCO2)C2NCCS2)CC1. The molecule has 4 saturated heterocycles. The number of hydrogen-bond acceptors (Lipinski definition) is 6. The molecule has 4 fully saturated rings. The van der Waals surface area contributed by atoms with E-state index in [2.05, 4.69) is 32.4 Å². The lowest BCUT2D eigenvalue weighted by Gasteiger charge is -2.56. The fourth-order valence-corrected chi connectivity index (χ4v) is 6.05. The third-order valence-corrected chi connectivity index (χ3v) is 7.04. The van der Waals surface area contributed by atoms with Crippen LogP contribution in [0.2, 0.25) is 0 Å². The van der Waals surface area contributed by atoms with Crippen molar-refractivity contribution in [1.29, 1.82) is 0 Å². The number of nitrogens with one attached hydrogen (secondary N) is 2. The first-order chi connectivity index (χ1) is 10.9. The summed E-state index contributed by atoms with van der Waals surface area (Å²) >= 11 is 2.10. The molecule has 2 N–H and O–H groups in total. The van der Waals surface area contributed by atoms with Crippen molar-refractivity contribution in [2.75, 3.05) is 45.1 Å². The Kier molecular flexibility index (Phi) is 4.95. The first-order valence-corrected chi connectivity index (χ1v) is 10.2. The van der Waals surface area contributed by atoms with Crippen LogP contribution in [-0.2, 0) is 4.74 Å². The molecule has 5 nitrogen and oxygen atoms in total. The van der Waals surface area contributed by atoms with Gasteiger partial charge in [0.1, 0.15) is 6.23 Å². The Labute approximate surface area is 138 Å². The Balaban J connectivity index is 1.64. The number of thioether (sulfide) groups is 1. The smallest absolute Gasteiger partial charge is 0.130 e. The largest absolute Gasteiger partial charge is 0.360 e. The molecule has 4 heterocycles. The molecule has 0 aromatic rings. The Bertz CT molecular complexity index is 349. The Morgan fingerprint density at radius 3 is 2.55 bits per heavy atom. The average molecular weight is 327 g/mol. The van der Waals surface area contributed by atoms with Gasteiger partial charge in [-0.1, -0.05) is 6.42 Å². The number of ether oxygens (including phenoxy) is 1. The van der Waals surface area contributed by atoms with E-state index in [4.69, 9.17) is 4.74 Å². The van der Waals surface area contributed by atoms with E-state index in [-0.39, 0.29) is 11.8 Å². The summed E-state index contributed by atoms with van der Waals surface area (Å²) in [5.41, 5.74) is 0.0905. The molecule has 0 bridgehead atoms. The highest BCUT2D eigenvalue weighted by Gasteiger charge is 2.55. The van der Waals surface area contributed by atoms with Crippen molar-refractivity contribution in [2.24, 2.45) is 0 Å². The highest BCUT2D eigenvalue weighted by atomic mass is 32.2. The van der Waals surface area contributed by atoms with Gasteiger partial charge in [-0.3, -0.25) is 5.32 Å². The van der Waals surface area contributed by atoms with Crippen LogP contribution in [-0.4, -0.2) is 72.2 Å². The zero-order chi connectivity index (χ0) is 14.8. The van der Waals surface area contributed by atoms with E-state index >= 15 is 0 Å². The van der Waals surface area contributed by atoms with E-state index in [1.165, 1.54) is 63.9 Å². The first kappa shape index (κ1) is 15.7. The molecule has 4 aliphatic rings. The fraction of sp³-hybridized carbons (Fsp3) is 1.00. The summed E-state index contributed by atoms with van der Waals surface area (Å²) in [4.78, 5) is 0. The normalized spacial score (nSPS) is 42.0. The predicted molar refractivity (Wildman–Crippen MR) is 90.7 cm³/mol. The molecule has 6 heteroatoms. The molecule has 0 aliphatic carbocycles. The Morgan fingerprint density at radius 1 is 0.955 bits per heavy atom. The maximum absolute atomic E-state index is 6.20. The van der Waals surface area contributed by atoms with Crippen molar-refractivity contribution in [3.63, 3.8) is 0 Å². The molecule has 3 atom stereocenters. The lowest BCUT2D eigenvalue weighted by molar-refractivity contribution is -0.186. The predicted octanol–water partition coefficient (Wildman–Crippen LogP) is 1.22. The Hall–Kier alpha value is 0.150. The number of rotatable bonds is 3. The molecule has 0 saturated carbocycles. The lowest BCUT2D eigenvalue weighted by atomic mass is 9.85. The summed E-state index contributed by atoms with van der Waals surface area (Å²) in [6.07, 6.45) is 8.15. The van der Waals surface area contributed by atoms with E-state index in [0.717, 1.165) is 19.7 Å². The summed E-state index contributed by atoms with van der Waals surface area (Å²) in [5.74, 6) is 1.23. The highest BCUT2D eigenvalue weighted by Crippen LogP contribution is 2.42. The number of hydrogen-bond donors (Lipinski definition) is 2. The van der Waals surface area contributed by atoms with Crippen molar-refractivity contribution in [3.8, 4) is 0 Å². The Morgan fingerprint density at radius 2 is 1.82 bits per heavy atom. The molecule has 0 spiro atoms. The topological polar surface area (TPSA) is 39.8 Å². The van der Waals surface area contributed by atoms with Gasteiger partial charge in [0, 0.05) is 38.5 Å². The molecule has 0 amide bonds. The molecule has 0 aromatic carbocycles. The summed E-state index contributed by atoms with van der Waals surface area (Å²) in [7, 11) is 0. The molecule has 4 rings (SSSR count). The van der Waals surface area contributed by atoms with Crippen molar-refractivity contribution in [3.05, 3.63) is 0 Å². The quantitative estimate of drug-likeness (QED) is 0.813. The third kappa shape index (κ3) is 2.72. The summed E-state index contributed by atoms with van der Waals surface area (Å²) in [5, 5.41) is 13.3. The minimum absolute atomic E-state index is 0.0905. The van der Waals surface area contributed by atoms with Gasteiger partial charge in [-0.2, -0.15) is 0 Å². The minimum Gasteiger partial charge on any atom is -0.360 e. The number of nitrogens with zero attached hydrogens (tertiary/aromatic N) is 2. The summed E-state index contributed by atoms with van der Waals surface area (Å²) in [6.45, 7) is 6.64. The lowest BCUT2D eigenvalue weighted by Crippen LogP contribution is -2.73. The summed E-state index contributed by atoms with van der Waals surface area (Å²) < 4.78 is 6.20. The second-order valence-electron chi connectivity index (χ2n) is 7.00. The number of piperidine rings is 2. The number of hydrazine groups is 1. The molecule has 0 aromatic heterocycles. The van der Waals surface area contributed by atoms with E-state index in [1.54, 1.807) is 0 Å². The van der Waals surface area contributed by atoms with E-state index in [9.17, 15) is 0 Å². The third-order valence-electron chi connectivity index (χ3n) is 5.69. The van der Waals surface area contributed by atoms with Crippen molar-refractivity contribution < 1.29 is 4.74 Å². The van der Waals surface area contributed by atoms with E-state index in [1.807, 2.05) is 0 Å². The van der Waals surface area contributed by atoms with Crippen LogP contribution in [0.25, 0.3) is 0 Å². The van der Waals surface area contributed by atoms with Crippen molar-refractivity contribution in [1.82, 2.24) is 20.7 Å². The minimum atomic E-state index is 0.0905. The van der Waals surface area contributed by atoms with Gasteiger partial charge < -0.3 is 10.1 Å². The molecule has 22 heavy (non-hydrogen) atoms. The zero-order valence-electron chi connectivity index (χ0n) is 13.6. The molecule has 0 radical (unpaired) electrons. The van der Waals surface area contributed by atoms with E-state index in [0.29, 0.717) is 5.37 Å². The van der Waals surface area contributed by atoms with Crippen molar-refractivity contribution >= 4 is 11.8 Å². The molecule has 3 unspecified atom stereocenters. The van der Waals surface area contributed by atoms with Gasteiger partial charge in [-0.05, 0) is 32.1 Å². The van der Waals surface area contributed by atoms with Crippen LogP contribution in [0.3, 0.4) is 0 Å². The van der Waals surface area contributed by atoms with E-state index < -0.39 is 0 Å². The molecular formula is C16H30N4OS. The second kappa shape index (κ2) is 6.95. The van der Waals surface area contributed by atoms with Crippen LogP contribution in [0.5, 0.6) is 0 Å². The zero-order valence-corrected chi connectivity index (χ0v) is 14.4. The van der Waals surface area contributed by atoms with Gasteiger partial charge in [0.25, 0.3) is 0 Å². The standard InChI is InChI=1S/C16H30N4OS/c1-3-9-19(10-4-1)20-11-5-2-6-16(20,14-17-7-12-21-14)15-18-8-13-22-15/h14-15,17-18H,1-13H2. The molecule has 126 valence electrons. The van der Waals surface area contributed by atoms with Gasteiger partial charge in [0.05, 0.1) is 17.5 Å². The van der Waals surface area contributed by atoms with Crippen molar-refractivity contribution in [2.45, 2.75) is 55.7 Å². The van der Waals surface area contributed by atoms with Gasteiger partial charge in [-0.25, -0.2) is 10.0 Å². The highest BCUT2D eigenvalue weighted by molar-refractivity contribution is 8.00. The van der Waals surface area contributed by atoms with Crippen LogP contribution in [0.15, 0.2) is 0 Å². The average Bonchev–Trinajstić information content (AvgIpc) is 3.29. The maximum atomic E-state index is 6.20. The van der Waals surface area contributed by atoms with Crippen LogP contribution in [0, 0.1) is 0 Å². The van der Waals surface area contributed by atoms with Gasteiger partial charge in [0.2, 0.25) is 0 Å². The monoisotopic (exact) mass is 326 g/mol.